The van der Waals surface area contributed by atoms with Gasteiger partial charge < -0.3 is 175 Å². The zero-order valence-electron chi connectivity index (χ0n) is 22.9. The molecule has 0 fully saturated rings. The van der Waals surface area contributed by atoms with Gasteiger partial charge in [-0.15, -0.1) is 0 Å². The van der Waals surface area contributed by atoms with Gasteiger partial charge in [0.2, 0.25) is 0 Å². The largest absolute Gasteiger partial charge is 2.00 e. The first kappa shape index (κ1) is 110. The Morgan fingerprint density at radius 1 is 0.160 bits per heavy atom. The van der Waals surface area contributed by atoms with E-state index in [9.17, 15) is 0 Å². The van der Waals surface area contributed by atoms with Crippen molar-refractivity contribution in [2.45, 2.75) is 0 Å². The number of rotatable bonds is 0. The first-order chi connectivity index (χ1) is 19.1. The molecule has 0 aliphatic rings. The maximum absolute atomic E-state index is 8.25. The minimum absolute atomic E-state index is 0. The molecule has 0 rings (SSSR count). The first-order valence-corrected chi connectivity index (χ1v) is 6.02. The topological polar surface area (TPSA) is 765 Å². The number of hydrogen-bond donors (Lipinski definition) is 1. The van der Waals surface area contributed by atoms with E-state index in [0.29, 0.717) is 0 Å². The smallest absolute Gasteiger partial charge is 0.369 e. The summed E-state index contributed by atoms with van der Waals surface area (Å²) in [6.45, 7) is 0. The van der Waals surface area contributed by atoms with Crippen molar-refractivity contribution in [3.05, 3.63) is 169 Å². The zero-order chi connectivity index (χ0) is 39.4. The zero-order valence-corrected chi connectivity index (χ0v) is 34.0. The number of quaternary nitrogens is 1. The third kappa shape index (κ3) is 13900. The maximum atomic E-state index is 8.25. The van der Waals surface area contributed by atoms with Crippen molar-refractivity contribution in [2.24, 2.45) is 0 Å². The Kier molecular flexibility index (Phi) is 229. The molecular formula is H4Ca5N12O33. The molecule has 0 aliphatic heterocycles. The molecule has 0 aromatic carbocycles. The summed E-state index contributed by atoms with van der Waals surface area (Å²) in [4.78, 5) is 90.8. The van der Waals surface area contributed by atoms with Gasteiger partial charge in [-0.1, -0.05) is 0 Å². The number of nitrogens with zero attached hydrogens (tertiary/aromatic N) is 11. The molecule has 272 valence electrons. The van der Waals surface area contributed by atoms with E-state index < -0.39 is 56.0 Å². The van der Waals surface area contributed by atoms with Gasteiger partial charge in [-0.3, -0.25) is 0 Å². The van der Waals surface area contributed by atoms with E-state index >= 15 is 0 Å². The predicted octanol–water partition coefficient (Wildman–Crippen LogP) is -4.16. The van der Waals surface area contributed by atoms with Crippen LogP contribution in [0.25, 0.3) is 0 Å². The Morgan fingerprint density at radius 2 is 0.160 bits per heavy atom. The monoisotopic (exact) mass is 900 g/mol. The van der Waals surface area contributed by atoms with Gasteiger partial charge in [-0.2, -0.15) is 0 Å². The van der Waals surface area contributed by atoms with E-state index in [4.69, 9.17) is 169 Å². The van der Waals surface area contributed by atoms with Crippen molar-refractivity contribution in [1.29, 1.82) is 0 Å². The van der Waals surface area contributed by atoms with Crippen LogP contribution in [0.2, 0.25) is 0 Å². The van der Waals surface area contributed by atoms with Crippen LogP contribution in [0.5, 0.6) is 0 Å². The van der Waals surface area contributed by atoms with Crippen LogP contribution in [0, 0.1) is 169 Å². The summed E-state index contributed by atoms with van der Waals surface area (Å²) >= 11 is 0. The second-order valence-electron chi connectivity index (χ2n) is 2.46. The van der Waals surface area contributed by atoms with Crippen LogP contribution in [0.15, 0.2) is 0 Å². The van der Waals surface area contributed by atoms with Crippen molar-refractivity contribution in [1.82, 2.24) is 6.15 Å². The molecule has 0 amide bonds. The van der Waals surface area contributed by atoms with Gasteiger partial charge in [0.05, 0.1) is 56.0 Å². The van der Waals surface area contributed by atoms with Crippen LogP contribution in [-0.4, -0.2) is 245 Å². The van der Waals surface area contributed by atoms with Gasteiger partial charge in [0, 0.05) is 0 Å². The molecule has 0 aliphatic carbocycles. The quantitative estimate of drug-likeness (QED) is 0.137. The molecule has 0 saturated carbocycles. The average Bonchev–Trinajstić information content (AvgIpc) is 2.55. The minimum atomic E-state index is -1.75. The molecule has 45 nitrogen and oxygen atoms in total. The third-order valence-electron chi connectivity index (χ3n) is 0. The van der Waals surface area contributed by atoms with Crippen LogP contribution in [0.4, 0.5) is 0 Å². The maximum Gasteiger partial charge on any atom is 2.00 e. The molecular weight excluding hydrogens is 896 g/mol. The molecule has 0 atom stereocenters. The first-order valence-electron chi connectivity index (χ1n) is 6.02. The Labute approximate surface area is 413 Å². The van der Waals surface area contributed by atoms with Crippen molar-refractivity contribution in [2.75, 3.05) is 0 Å². The summed E-state index contributed by atoms with van der Waals surface area (Å²) in [5.74, 6) is 0. The Balaban J connectivity index is -0.0000000158. The molecule has 0 unspecified atom stereocenters. The van der Waals surface area contributed by atoms with E-state index in [2.05, 4.69) is 0 Å². The van der Waals surface area contributed by atoms with Crippen LogP contribution < -0.4 is 6.15 Å². The second-order valence-corrected chi connectivity index (χ2v) is 2.46. The molecule has 50 heavy (non-hydrogen) atoms. The number of hydrogen-bond acceptors (Lipinski definition) is 33. The van der Waals surface area contributed by atoms with E-state index in [-0.39, 0.29) is 195 Å². The Hall–Kier alpha value is -2.54. The molecule has 0 bridgehead atoms. The molecule has 0 aromatic rings. The van der Waals surface area contributed by atoms with E-state index in [1.807, 2.05) is 0 Å². The van der Waals surface area contributed by atoms with Gasteiger partial charge in [0.25, 0.3) is 0 Å². The van der Waals surface area contributed by atoms with Crippen molar-refractivity contribution in [3.63, 3.8) is 0 Å². The molecule has 0 saturated heterocycles. The molecule has 0 spiro atoms. The summed E-state index contributed by atoms with van der Waals surface area (Å²) in [5, 5.41) is 162. The molecule has 0 heterocycles. The molecule has 0 aromatic heterocycles. The second kappa shape index (κ2) is 103. The minimum Gasteiger partial charge on any atom is -0.369 e. The van der Waals surface area contributed by atoms with Gasteiger partial charge in [0.1, 0.15) is 0 Å². The standard InChI is InChI=1S/5Ca.11NO3.H3N/c;;;;;11*2-1(3)4;/h;;;;;;;;;;;;;;;;1H3/q5*+2;11*-1;/p+1. The molecule has 0 radical (unpaired) electrons. The summed E-state index contributed by atoms with van der Waals surface area (Å²) < 4.78 is 0. The normalized spacial score (nSPS) is 5.28. The molecule has 4 N–H and O–H groups in total. The summed E-state index contributed by atoms with van der Waals surface area (Å²) in [7, 11) is 0. The van der Waals surface area contributed by atoms with Crippen LogP contribution >= 0.6 is 0 Å². The van der Waals surface area contributed by atoms with E-state index in [0.717, 1.165) is 0 Å². The van der Waals surface area contributed by atoms with Crippen LogP contribution in [0.1, 0.15) is 0 Å². The van der Waals surface area contributed by atoms with Gasteiger partial charge in [-0.25, -0.2) is 0 Å². The van der Waals surface area contributed by atoms with Crippen LogP contribution in [-0.2, 0) is 0 Å². The fraction of sp³-hybridized carbons (Fsp3) is 0. The third-order valence-corrected chi connectivity index (χ3v) is 0. The van der Waals surface area contributed by atoms with Gasteiger partial charge in [-0.05, 0) is 0 Å². The van der Waals surface area contributed by atoms with Crippen molar-refractivity contribution in [3.8, 4) is 0 Å². The summed E-state index contributed by atoms with van der Waals surface area (Å²) in [6.07, 6.45) is 0. The van der Waals surface area contributed by atoms with E-state index in [1.54, 1.807) is 0 Å². The summed E-state index contributed by atoms with van der Waals surface area (Å²) in [5.41, 5.74) is 0. The summed E-state index contributed by atoms with van der Waals surface area (Å²) in [6, 6.07) is 0. The van der Waals surface area contributed by atoms with Crippen molar-refractivity contribution >= 4 is 189 Å². The fourth-order valence-corrected chi connectivity index (χ4v) is 0. The fourth-order valence-electron chi connectivity index (χ4n) is 0. The Bertz CT molecular complexity index is 543. The van der Waals surface area contributed by atoms with Gasteiger partial charge >= 0.3 is 189 Å². The van der Waals surface area contributed by atoms with Crippen LogP contribution in [0.3, 0.4) is 0 Å². The average molecular weight is 900 g/mol. The molecule has 50 heteroatoms. The predicted molar refractivity (Wildman–Crippen MR) is 149 cm³/mol. The van der Waals surface area contributed by atoms with Crippen molar-refractivity contribution < 1.29 is 56.0 Å². The SMILES string of the molecule is O=[N+]([O-])[O-].O=[N+]([O-])[O-].O=[N+]([O-])[O-].O=[N+]([O-])[O-].O=[N+]([O-])[O-].O=[N+]([O-])[O-].O=[N+]([O-])[O-].O=[N+]([O-])[O-].O=[N+]([O-])[O-].O=[N+]([O-])[O-].O=[N+]([O-])[O-].[Ca+2].[Ca+2].[Ca+2].[Ca+2].[Ca+2].[NH4+]. The van der Waals surface area contributed by atoms with Gasteiger partial charge in [0.15, 0.2) is 0 Å². The van der Waals surface area contributed by atoms with E-state index in [1.165, 1.54) is 0 Å². The Morgan fingerprint density at radius 3 is 0.160 bits per heavy atom.